The molecule has 4 aliphatic rings. The summed E-state index contributed by atoms with van der Waals surface area (Å²) in [4.78, 5) is 29.0. The SMILES string of the molecule is CCCCCCCCC=CCCCCCCCCN(CCCCCCCCC=CCCCCCCCC)C(=O)CCC(=O)NCCSC[C@H]1O[C@@H](O[C@@H]2C(O)[C@H](N)CC(N)[C@H]2O[C@H]2OC(CN)[C@@H](O)[C@H](O)C2N)C(O)[C@H]1O[C@H]1OC(CN)[C@@H](O)C(O)[C@H]1N. The lowest BCUT2D eigenvalue weighted by molar-refractivity contribution is -0.306. The summed E-state index contributed by atoms with van der Waals surface area (Å²) in [7, 11) is 0. The van der Waals surface area contributed by atoms with Gasteiger partial charge in [-0.25, -0.2) is 0 Å². The van der Waals surface area contributed by atoms with Crippen LogP contribution < -0.4 is 39.7 Å². The van der Waals surface area contributed by atoms with E-state index in [1.54, 1.807) is 0 Å². The van der Waals surface area contributed by atoms with Crippen LogP contribution in [0.25, 0.3) is 0 Å². The average Bonchev–Trinajstić information content (AvgIpc) is 2.35. The van der Waals surface area contributed by atoms with E-state index in [0.717, 1.165) is 51.4 Å². The molecular formula is C65H124N8O14S. The van der Waals surface area contributed by atoms with Crippen LogP contribution in [0.3, 0.4) is 0 Å². The number of hydrogen-bond acceptors (Lipinski definition) is 21. The number of ether oxygens (including phenoxy) is 6. The second kappa shape index (κ2) is 46.2. The first-order valence-corrected chi connectivity index (χ1v) is 35.6. The summed E-state index contributed by atoms with van der Waals surface area (Å²) in [6.45, 7) is 5.82. The number of aliphatic hydroxyl groups excluding tert-OH is 6. The van der Waals surface area contributed by atoms with Gasteiger partial charge in [-0.05, 0) is 70.6 Å². The van der Waals surface area contributed by atoms with Crippen molar-refractivity contribution >= 4 is 23.6 Å². The van der Waals surface area contributed by atoms with E-state index in [9.17, 15) is 40.2 Å². The molecule has 0 bridgehead atoms. The molecule has 7 unspecified atom stereocenters. The van der Waals surface area contributed by atoms with Crippen LogP contribution in [0, 0.1) is 0 Å². The number of unbranched alkanes of at least 4 members (excludes halogenated alkanes) is 24. The Balaban J connectivity index is 1.27. The largest absolute Gasteiger partial charge is 0.389 e. The van der Waals surface area contributed by atoms with Gasteiger partial charge in [-0.2, -0.15) is 11.8 Å². The summed E-state index contributed by atoms with van der Waals surface area (Å²) in [5.41, 5.74) is 37.0. The van der Waals surface area contributed by atoms with Gasteiger partial charge in [-0.15, -0.1) is 0 Å². The third kappa shape index (κ3) is 28.3. The van der Waals surface area contributed by atoms with Crippen molar-refractivity contribution < 1.29 is 68.6 Å². The van der Waals surface area contributed by atoms with Gasteiger partial charge in [-0.1, -0.05) is 154 Å². The van der Waals surface area contributed by atoms with Crippen LogP contribution in [0.2, 0.25) is 0 Å². The molecule has 3 aliphatic heterocycles. The lowest BCUT2D eigenvalue weighted by Gasteiger charge is -2.47. The first-order valence-electron chi connectivity index (χ1n) is 34.4. The number of aliphatic hydroxyl groups is 6. The molecule has 22 nitrogen and oxygen atoms in total. The van der Waals surface area contributed by atoms with E-state index in [0.29, 0.717) is 18.8 Å². The Morgan fingerprint density at radius 1 is 0.489 bits per heavy atom. The summed E-state index contributed by atoms with van der Waals surface area (Å²) in [6.07, 6.45) is 24.1. The summed E-state index contributed by atoms with van der Waals surface area (Å²) in [6, 6.07) is -4.29. The van der Waals surface area contributed by atoms with Crippen molar-refractivity contribution in [2.45, 2.75) is 329 Å². The number of carbonyl (C=O) groups excluding carboxylic acids is 2. The lowest BCUT2D eigenvalue weighted by atomic mass is 9.84. The van der Waals surface area contributed by atoms with Crippen LogP contribution in [0.15, 0.2) is 24.3 Å². The maximum atomic E-state index is 13.8. The van der Waals surface area contributed by atoms with Gasteiger partial charge in [0.1, 0.15) is 61.0 Å². The molecule has 2 amide bonds. The van der Waals surface area contributed by atoms with E-state index in [1.807, 2.05) is 4.90 Å². The molecule has 19 N–H and O–H groups in total. The van der Waals surface area contributed by atoms with Gasteiger partial charge in [-0.3, -0.25) is 9.59 Å². The molecule has 3 heterocycles. The molecule has 0 aromatic rings. The minimum Gasteiger partial charge on any atom is -0.389 e. The molecule has 3 saturated heterocycles. The van der Waals surface area contributed by atoms with Crippen molar-refractivity contribution in [1.29, 1.82) is 0 Å². The van der Waals surface area contributed by atoms with Gasteiger partial charge in [0.25, 0.3) is 0 Å². The van der Waals surface area contributed by atoms with Crippen LogP contribution in [0.5, 0.6) is 0 Å². The van der Waals surface area contributed by atoms with Crippen LogP contribution in [0.1, 0.15) is 213 Å². The Labute approximate surface area is 532 Å². The Hall–Kier alpha value is -1.95. The molecule has 0 radical (unpaired) electrons. The van der Waals surface area contributed by atoms with Gasteiger partial charge in [0.05, 0.1) is 24.3 Å². The zero-order valence-electron chi connectivity index (χ0n) is 53.9. The van der Waals surface area contributed by atoms with E-state index in [4.69, 9.17) is 62.8 Å². The molecule has 0 spiro atoms. The number of nitrogens with two attached hydrogens (primary N) is 6. The third-order valence-electron chi connectivity index (χ3n) is 17.8. The van der Waals surface area contributed by atoms with Crippen molar-refractivity contribution in [2.24, 2.45) is 34.4 Å². The maximum Gasteiger partial charge on any atom is 0.223 e. The average molecular weight is 1270 g/mol. The molecule has 0 aromatic heterocycles. The summed E-state index contributed by atoms with van der Waals surface area (Å²) < 4.78 is 36.8. The quantitative estimate of drug-likeness (QED) is 0.0291. The molecule has 88 heavy (non-hydrogen) atoms. The Bertz CT molecular complexity index is 1830. The molecule has 514 valence electrons. The van der Waals surface area contributed by atoms with Gasteiger partial charge in [0.15, 0.2) is 18.9 Å². The van der Waals surface area contributed by atoms with Crippen molar-refractivity contribution in [1.82, 2.24) is 10.2 Å². The Morgan fingerprint density at radius 2 is 0.898 bits per heavy atom. The first-order chi connectivity index (χ1) is 42.6. The fraction of sp³-hybridized carbons (Fsp3) is 0.908. The highest BCUT2D eigenvalue weighted by Gasteiger charge is 2.54. The highest BCUT2D eigenvalue weighted by molar-refractivity contribution is 7.99. The number of allylic oxidation sites excluding steroid dienone is 4. The molecule has 23 heteroatoms. The maximum absolute atomic E-state index is 13.8. The number of nitrogens with zero attached hydrogens (tertiary/aromatic N) is 1. The van der Waals surface area contributed by atoms with E-state index in [2.05, 4.69) is 43.5 Å². The van der Waals surface area contributed by atoms with Crippen LogP contribution in [-0.4, -0.2) is 208 Å². The van der Waals surface area contributed by atoms with Gasteiger partial charge < -0.3 is 104 Å². The number of amides is 2. The highest BCUT2D eigenvalue weighted by Crippen LogP contribution is 2.36. The van der Waals surface area contributed by atoms with Gasteiger partial charge in [0.2, 0.25) is 11.8 Å². The topological polar surface area (TPSA) is 382 Å². The number of hydrogen-bond donors (Lipinski definition) is 13. The summed E-state index contributed by atoms with van der Waals surface area (Å²) in [5, 5.41) is 68.9. The molecule has 4 rings (SSSR count). The van der Waals surface area contributed by atoms with Crippen molar-refractivity contribution in [2.75, 3.05) is 44.2 Å². The standard InChI is InChI=1S/C65H124N8O14S/c1-3-5-7-9-11-13-15-17-19-21-23-25-27-29-31-33-38-73(39-34-32-30-28-26-24-22-20-18-16-14-12-10-8-6-4-2)51(75)36-35-50(74)72-37-40-88-44-49-61(86-64-53(71)58(80)56(78)48(43-67)83-64)59(81)65(84-49)87-62-54(76)45(68)41-46(69)60(62)85-63-52(70)57(79)55(77)47(42-66)82-63/h17-20,45-49,52-65,76-81H,3-16,21-44,66-71H2,1-2H3,(H,72,74)/t45-,46?,47?,48?,49-,52?,53-,54?,55-,56-,57-,58?,59?,60-,61+,62-,63-,64-,65+/m1/s1. The smallest absolute Gasteiger partial charge is 0.223 e. The van der Waals surface area contributed by atoms with Crippen LogP contribution >= 0.6 is 11.8 Å². The van der Waals surface area contributed by atoms with Crippen molar-refractivity contribution in [3.8, 4) is 0 Å². The summed E-state index contributed by atoms with van der Waals surface area (Å²) >= 11 is 1.37. The first kappa shape index (κ1) is 78.5. The van der Waals surface area contributed by atoms with E-state index < -0.39 is 116 Å². The monoisotopic (exact) mass is 1270 g/mol. The zero-order valence-corrected chi connectivity index (χ0v) is 54.7. The fourth-order valence-corrected chi connectivity index (χ4v) is 13.0. The predicted octanol–water partition coefficient (Wildman–Crippen LogP) is 4.65. The summed E-state index contributed by atoms with van der Waals surface area (Å²) in [5.74, 6) is 0.327. The van der Waals surface area contributed by atoms with Crippen molar-refractivity contribution in [3.63, 3.8) is 0 Å². The third-order valence-corrected chi connectivity index (χ3v) is 18.9. The molecular weight excluding hydrogens is 1150 g/mol. The van der Waals surface area contributed by atoms with E-state index >= 15 is 0 Å². The molecule has 4 fully saturated rings. The minimum absolute atomic E-state index is 0.00129. The van der Waals surface area contributed by atoms with Crippen LogP contribution in [0.4, 0.5) is 0 Å². The van der Waals surface area contributed by atoms with Gasteiger partial charge in [0, 0.05) is 69.2 Å². The molecule has 0 aromatic carbocycles. The van der Waals surface area contributed by atoms with Crippen LogP contribution in [-0.2, 0) is 38.0 Å². The molecule has 1 saturated carbocycles. The number of carbonyl (C=O) groups is 2. The number of thioether (sulfide) groups is 1. The van der Waals surface area contributed by atoms with Gasteiger partial charge >= 0.3 is 0 Å². The normalized spacial score (nSPS) is 32.0. The minimum atomic E-state index is -1.59. The lowest BCUT2D eigenvalue weighted by Crippen LogP contribution is -2.68. The van der Waals surface area contributed by atoms with E-state index in [1.165, 1.54) is 140 Å². The highest BCUT2D eigenvalue weighted by atomic mass is 32.2. The van der Waals surface area contributed by atoms with Crippen molar-refractivity contribution in [3.05, 3.63) is 24.3 Å². The Morgan fingerprint density at radius 3 is 1.35 bits per heavy atom. The molecule has 1 aliphatic carbocycles. The second-order valence-electron chi connectivity index (χ2n) is 25.2. The zero-order chi connectivity index (χ0) is 64.1. The fourth-order valence-electron chi connectivity index (χ4n) is 12.1. The molecule has 19 atom stereocenters. The Kier molecular flexibility index (Phi) is 41.2. The number of nitrogens with one attached hydrogen (secondary N) is 1. The predicted molar refractivity (Wildman–Crippen MR) is 346 cm³/mol. The number of rotatable bonds is 48. The second-order valence-corrected chi connectivity index (χ2v) is 26.4. The van der Waals surface area contributed by atoms with E-state index in [-0.39, 0.29) is 56.5 Å².